The highest BCUT2D eigenvalue weighted by Gasteiger charge is 2.04. The van der Waals surface area contributed by atoms with E-state index in [0.717, 1.165) is 12.6 Å². The van der Waals surface area contributed by atoms with Crippen molar-refractivity contribution in [2.45, 2.75) is 45.4 Å². The van der Waals surface area contributed by atoms with Gasteiger partial charge in [-0.25, -0.2) is 0 Å². The van der Waals surface area contributed by atoms with E-state index in [1.165, 1.54) is 32.1 Å². The van der Waals surface area contributed by atoms with Crippen molar-refractivity contribution in [1.29, 1.82) is 0 Å². The molecule has 0 aromatic carbocycles. The molecule has 0 aromatic rings. The summed E-state index contributed by atoms with van der Waals surface area (Å²) in [6.45, 7) is 6.00. The fourth-order valence-corrected chi connectivity index (χ4v) is 2.26. The third-order valence-corrected chi connectivity index (χ3v) is 3.44. The summed E-state index contributed by atoms with van der Waals surface area (Å²) in [6, 6.07) is 0. The van der Waals surface area contributed by atoms with Gasteiger partial charge in [-0.1, -0.05) is 39.0 Å². The SMILES string of the molecule is CCCCCCCCP(C)(C)=O. The van der Waals surface area contributed by atoms with Crippen molar-refractivity contribution in [3.8, 4) is 0 Å². The highest BCUT2D eigenvalue weighted by Crippen LogP contribution is 2.36. The van der Waals surface area contributed by atoms with Gasteiger partial charge in [0.2, 0.25) is 0 Å². The van der Waals surface area contributed by atoms with Crippen LogP contribution in [0.25, 0.3) is 0 Å². The molecule has 0 atom stereocenters. The Morgan fingerprint density at radius 1 is 0.917 bits per heavy atom. The van der Waals surface area contributed by atoms with Gasteiger partial charge < -0.3 is 4.57 Å². The molecule has 0 aliphatic carbocycles. The zero-order valence-corrected chi connectivity index (χ0v) is 9.70. The highest BCUT2D eigenvalue weighted by molar-refractivity contribution is 7.62. The van der Waals surface area contributed by atoms with Gasteiger partial charge in [0.05, 0.1) is 7.14 Å². The number of hydrogen-bond acceptors (Lipinski definition) is 1. The van der Waals surface area contributed by atoms with E-state index in [0.29, 0.717) is 0 Å². The Balaban J connectivity index is 3.06. The van der Waals surface area contributed by atoms with Crippen LogP contribution in [0.5, 0.6) is 0 Å². The Morgan fingerprint density at radius 3 is 1.92 bits per heavy atom. The second-order valence-corrected chi connectivity index (χ2v) is 7.66. The zero-order chi connectivity index (χ0) is 9.45. The molecule has 0 aliphatic rings. The third kappa shape index (κ3) is 10.2. The molecule has 0 spiro atoms. The summed E-state index contributed by atoms with van der Waals surface area (Å²) in [5, 5.41) is 0. The minimum absolute atomic E-state index is 0.944. The van der Waals surface area contributed by atoms with Gasteiger partial charge >= 0.3 is 0 Å². The van der Waals surface area contributed by atoms with E-state index >= 15 is 0 Å². The quantitative estimate of drug-likeness (QED) is 0.438. The monoisotopic (exact) mass is 190 g/mol. The molecule has 0 rings (SSSR count). The topological polar surface area (TPSA) is 17.1 Å². The average molecular weight is 190 g/mol. The summed E-state index contributed by atoms with van der Waals surface area (Å²) < 4.78 is 11.3. The number of unbranched alkanes of at least 4 members (excludes halogenated alkanes) is 5. The summed E-state index contributed by atoms with van der Waals surface area (Å²) >= 11 is 0. The van der Waals surface area contributed by atoms with Crippen LogP contribution in [0, 0.1) is 0 Å². The van der Waals surface area contributed by atoms with Crippen molar-refractivity contribution in [1.82, 2.24) is 0 Å². The fourth-order valence-electron chi connectivity index (χ4n) is 1.27. The van der Waals surface area contributed by atoms with Crippen molar-refractivity contribution in [2.75, 3.05) is 19.5 Å². The summed E-state index contributed by atoms with van der Waals surface area (Å²) in [7, 11) is -1.72. The Labute approximate surface area is 77.3 Å². The van der Waals surface area contributed by atoms with E-state index in [1.807, 2.05) is 13.3 Å². The van der Waals surface area contributed by atoms with Gasteiger partial charge in [-0.05, 0) is 19.8 Å². The van der Waals surface area contributed by atoms with E-state index in [4.69, 9.17) is 0 Å². The largest absolute Gasteiger partial charge is 0.324 e. The molecule has 0 radical (unpaired) electrons. The molecule has 0 unspecified atom stereocenters. The van der Waals surface area contributed by atoms with Gasteiger partial charge in [-0.2, -0.15) is 0 Å². The van der Waals surface area contributed by atoms with Crippen molar-refractivity contribution in [2.24, 2.45) is 0 Å². The number of hydrogen-bond donors (Lipinski definition) is 0. The van der Waals surface area contributed by atoms with Crippen LogP contribution < -0.4 is 0 Å². The molecule has 0 saturated heterocycles. The van der Waals surface area contributed by atoms with Gasteiger partial charge in [-0.15, -0.1) is 0 Å². The summed E-state index contributed by atoms with van der Waals surface area (Å²) in [6.07, 6.45) is 8.72. The van der Waals surface area contributed by atoms with E-state index in [1.54, 1.807) is 0 Å². The van der Waals surface area contributed by atoms with E-state index in [9.17, 15) is 4.57 Å². The first-order valence-corrected chi connectivity index (χ1v) is 7.89. The number of rotatable bonds is 7. The molecule has 0 fully saturated rings. The Morgan fingerprint density at radius 2 is 1.42 bits per heavy atom. The molecule has 1 nitrogen and oxygen atoms in total. The average Bonchev–Trinajstić information content (AvgIpc) is 1.94. The maximum Gasteiger partial charge on any atom is 0.0819 e. The van der Waals surface area contributed by atoms with Gasteiger partial charge in [0, 0.05) is 6.16 Å². The van der Waals surface area contributed by atoms with E-state index in [-0.39, 0.29) is 0 Å². The summed E-state index contributed by atoms with van der Waals surface area (Å²) in [5.41, 5.74) is 0. The van der Waals surface area contributed by atoms with Crippen LogP contribution in [0.4, 0.5) is 0 Å². The van der Waals surface area contributed by atoms with Crippen LogP contribution >= 0.6 is 7.14 Å². The Kier molecular flexibility index (Phi) is 6.84. The van der Waals surface area contributed by atoms with Crippen molar-refractivity contribution < 1.29 is 4.57 Å². The molecule has 2 heteroatoms. The first kappa shape index (κ1) is 12.2. The molecule has 0 aliphatic heterocycles. The molecular weight excluding hydrogens is 167 g/mol. The second kappa shape index (κ2) is 6.71. The molecule has 12 heavy (non-hydrogen) atoms. The van der Waals surface area contributed by atoms with Crippen molar-refractivity contribution in [3.05, 3.63) is 0 Å². The first-order chi connectivity index (χ1) is 5.56. The van der Waals surface area contributed by atoms with Gasteiger partial charge in [-0.3, -0.25) is 0 Å². The van der Waals surface area contributed by atoms with Gasteiger partial charge in [0.25, 0.3) is 0 Å². The lowest BCUT2D eigenvalue weighted by atomic mass is 10.1. The van der Waals surface area contributed by atoms with Gasteiger partial charge in [0.1, 0.15) is 0 Å². The smallest absolute Gasteiger partial charge is 0.0819 e. The summed E-state index contributed by atoms with van der Waals surface area (Å²) in [5.74, 6) is 0. The molecular formula is C10H23OP. The molecule has 0 amide bonds. The Hall–Kier alpha value is 0.230. The lowest BCUT2D eigenvalue weighted by Gasteiger charge is -2.05. The fraction of sp³-hybridized carbons (Fsp3) is 1.00. The van der Waals surface area contributed by atoms with E-state index < -0.39 is 7.14 Å². The van der Waals surface area contributed by atoms with Gasteiger partial charge in [0.15, 0.2) is 0 Å². The maximum atomic E-state index is 11.3. The predicted molar refractivity (Wildman–Crippen MR) is 57.7 cm³/mol. The molecule has 0 saturated carbocycles. The maximum absolute atomic E-state index is 11.3. The second-order valence-electron chi connectivity index (χ2n) is 4.07. The molecule has 0 bridgehead atoms. The molecule has 74 valence electrons. The lowest BCUT2D eigenvalue weighted by molar-refractivity contribution is 0.575. The van der Waals surface area contributed by atoms with E-state index in [2.05, 4.69) is 6.92 Å². The summed E-state index contributed by atoms with van der Waals surface area (Å²) in [4.78, 5) is 0. The standard InChI is InChI=1S/C10H23OP/c1-4-5-6-7-8-9-10-12(2,3)11/h4-10H2,1-3H3. The van der Waals surface area contributed by atoms with Crippen LogP contribution in [-0.2, 0) is 4.57 Å². The van der Waals surface area contributed by atoms with Crippen LogP contribution in [0.3, 0.4) is 0 Å². The minimum atomic E-state index is -1.72. The predicted octanol–water partition coefficient (Wildman–Crippen LogP) is 3.97. The zero-order valence-electron chi connectivity index (χ0n) is 8.81. The van der Waals surface area contributed by atoms with Crippen molar-refractivity contribution in [3.63, 3.8) is 0 Å². The molecule has 0 N–H and O–H groups in total. The molecule has 0 heterocycles. The van der Waals surface area contributed by atoms with Crippen molar-refractivity contribution >= 4 is 7.14 Å². The van der Waals surface area contributed by atoms with Crippen LogP contribution in [0.2, 0.25) is 0 Å². The normalized spacial score (nSPS) is 11.9. The third-order valence-electron chi connectivity index (χ3n) is 2.05. The van der Waals surface area contributed by atoms with Crippen LogP contribution in [0.1, 0.15) is 45.4 Å². The lowest BCUT2D eigenvalue weighted by Crippen LogP contribution is -1.86. The Bertz CT molecular complexity index is 137. The van der Waals surface area contributed by atoms with Crippen LogP contribution in [-0.4, -0.2) is 19.5 Å². The van der Waals surface area contributed by atoms with Crippen LogP contribution in [0.15, 0.2) is 0 Å². The highest BCUT2D eigenvalue weighted by atomic mass is 31.2. The minimum Gasteiger partial charge on any atom is -0.324 e. The first-order valence-electron chi connectivity index (χ1n) is 5.10. The molecule has 0 aromatic heterocycles.